The number of imidazole rings is 1. The zero-order valence-electron chi connectivity index (χ0n) is 15.2. The van der Waals surface area contributed by atoms with Gasteiger partial charge in [-0.15, -0.1) is 0 Å². The highest BCUT2D eigenvalue weighted by Crippen LogP contribution is 2.17. The van der Waals surface area contributed by atoms with E-state index in [0.29, 0.717) is 23.0 Å². The third kappa shape index (κ3) is 3.43. The molecule has 9 heteroatoms. The van der Waals surface area contributed by atoms with Crippen molar-refractivity contribution in [3.05, 3.63) is 67.8 Å². The fourth-order valence-electron chi connectivity index (χ4n) is 2.70. The number of nitrogens with zero attached hydrogens (tertiary/aromatic N) is 5. The minimum absolute atomic E-state index is 0.278. The van der Waals surface area contributed by atoms with E-state index in [-0.39, 0.29) is 5.65 Å². The zero-order valence-corrected chi connectivity index (χ0v) is 16.0. The Balaban J connectivity index is 2.12. The van der Waals surface area contributed by atoms with E-state index in [1.54, 1.807) is 23.9 Å². The molecular weight excluding hydrogens is 368 g/mol. The molecule has 140 valence electrons. The predicted molar refractivity (Wildman–Crippen MR) is 108 cm³/mol. The van der Waals surface area contributed by atoms with Gasteiger partial charge in [-0.1, -0.05) is 42.0 Å². The van der Waals surface area contributed by atoms with Crippen LogP contribution in [0.1, 0.15) is 12.5 Å². The Morgan fingerprint density at radius 1 is 1.30 bits per heavy atom. The molecule has 0 unspecified atom stereocenters. The average molecular weight is 387 g/mol. The molecule has 0 saturated heterocycles. The van der Waals surface area contributed by atoms with Crippen LogP contribution >= 0.6 is 11.6 Å². The first-order chi connectivity index (χ1) is 12.8. The standard InChI is InChI=1S/C18H19ClN6O2/c1-11(2)10-25-14-15(23(3)18(27)24(4)16(14)26)21-17(25)22-20-9-12-7-5-6-8-13(12)19/h5-9H,1,10H2,2-4H3,(H,21,22)/b20-9-. The third-order valence-corrected chi connectivity index (χ3v) is 4.39. The van der Waals surface area contributed by atoms with Gasteiger partial charge in [0.05, 0.1) is 6.21 Å². The van der Waals surface area contributed by atoms with Crippen LogP contribution in [0.4, 0.5) is 5.95 Å². The van der Waals surface area contributed by atoms with Crippen molar-refractivity contribution in [3.63, 3.8) is 0 Å². The van der Waals surface area contributed by atoms with Gasteiger partial charge in [0, 0.05) is 31.2 Å². The van der Waals surface area contributed by atoms with E-state index in [9.17, 15) is 9.59 Å². The molecule has 0 amide bonds. The number of aryl methyl sites for hydroxylation is 1. The Labute approximate surface area is 160 Å². The van der Waals surface area contributed by atoms with Gasteiger partial charge in [0.2, 0.25) is 5.95 Å². The summed E-state index contributed by atoms with van der Waals surface area (Å²) >= 11 is 6.11. The van der Waals surface area contributed by atoms with Gasteiger partial charge >= 0.3 is 5.69 Å². The largest absolute Gasteiger partial charge is 0.332 e. The van der Waals surface area contributed by atoms with Gasteiger partial charge in [-0.05, 0) is 13.0 Å². The number of aromatic nitrogens is 4. The van der Waals surface area contributed by atoms with E-state index in [0.717, 1.165) is 15.7 Å². The van der Waals surface area contributed by atoms with Gasteiger partial charge in [-0.3, -0.25) is 18.5 Å². The van der Waals surface area contributed by atoms with Crippen molar-refractivity contribution in [1.29, 1.82) is 0 Å². The van der Waals surface area contributed by atoms with E-state index in [2.05, 4.69) is 22.1 Å². The molecule has 1 N–H and O–H groups in total. The van der Waals surface area contributed by atoms with E-state index >= 15 is 0 Å². The lowest BCUT2D eigenvalue weighted by Crippen LogP contribution is -2.37. The number of allylic oxidation sites excluding steroid dienone is 1. The summed E-state index contributed by atoms with van der Waals surface area (Å²) in [5.74, 6) is 0.328. The summed E-state index contributed by atoms with van der Waals surface area (Å²) in [6.07, 6.45) is 1.56. The Bertz CT molecular complexity index is 1190. The van der Waals surface area contributed by atoms with Crippen molar-refractivity contribution < 1.29 is 0 Å². The van der Waals surface area contributed by atoms with Crippen molar-refractivity contribution in [2.75, 3.05) is 5.43 Å². The molecule has 0 spiro atoms. The lowest BCUT2D eigenvalue weighted by Gasteiger charge is -2.08. The molecule has 0 fully saturated rings. The molecule has 2 heterocycles. The Kier molecular flexibility index (Phi) is 5.00. The topological polar surface area (TPSA) is 86.2 Å². The molecule has 8 nitrogen and oxygen atoms in total. The number of fused-ring (bicyclic) bond motifs is 1. The number of rotatable bonds is 5. The molecule has 2 aromatic heterocycles. The van der Waals surface area contributed by atoms with Crippen LogP contribution in [0.5, 0.6) is 0 Å². The Morgan fingerprint density at radius 3 is 2.67 bits per heavy atom. The maximum absolute atomic E-state index is 12.6. The highest BCUT2D eigenvalue weighted by atomic mass is 35.5. The third-order valence-electron chi connectivity index (χ3n) is 4.05. The van der Waals surface area contributed by atoms with Crippen molar-refractivity contribution in [2.24, 2.45) is 19.2 Å². The first-order valence-corrected chi connectivity index (χ1v) is 8.53. The molecule has 3 rings (SSSR count). The van der Waals surface area contributed by atoms with E-state index in [1.807, 2.05) is 25.1 Å². The Hall–Kier alpha value is -3.13. The van der Waals surface area contributed by atoms with Crippen LogP contribution in [-0.2, 0) is 20.6 Å². The number of anilines is 1. The lowest BCUT2D eigenvalue weighted by atomic mass is 10.2. The maximum atomic E-state index is 12.6. The van der Waals surface area contributed by atoms with Crippen LogP contribution in [-0.4, -0.2) is 24.9 Å². The summed E-state index contributed by atoms with van der Waals surface area (Å²) in [5, 5.41) is 4.74. The molecule has 1 aromatic carbocycles. The average Bonchev–Trinajstić information content (AvgIpc) is 2.97. The molecule has 0 atom stereocenters. The second kappa shape index (κ2) is 7.24. The number of hydrogen-bond donors (Lipinski definition) is 1. The van der Waals surface area contributed by atoms with Gasteiger partial charge in [-0.2, -0.15) is 10.1 Å². The van der Waals surface area contributed by atoms with Crippen LogP contribution < -0.4 is 16.7 Å². The minimum atomic E-state index is -0.446. The smallest absolute Gasteiger partial charge is 0.299 e. The lowest BCUT2D eigenvalue weighted by molar-refractivity contribution is 0.702. The van der Waals surface area contributed by atoms with Gasteiger partial charge in [-0.25, -0.2) is 10.2 Å². The summed E-state index contributed by atoms with van der Waals surface area (Å²) in [7, 11) is 3.00. The van der Waals surface area contributed by atoms with Crippen LogP contribution in [0, 0.1) is 0 Å². The summed E-state index contributed by atoms with van der Waals surface area (Å²) in [6, 6.07) is 7.27. The second-order valence-corrected chi connectivity index (χ2v) is 6.66. The van der Waals surface area contributed by atoms with Crippen molar-refractivity contribution in [2.45, 2.75) is 13.5 Å². The molecule has 0 aliphatic heterocycles. The molecule has 0 saturated carbocycles. The molecule has 0 radical (unpaired) electrons. The predicted octanol–water partition coefficient (Wildman–Crippen LogP) is 2.11. The zero-order chi connectivity index (χ0) is 19.7. The summed E-state index contributed by atoms with van der Waals surface area (Å²) < 4.78 is 4.04. The second-order valence-electron chi connectivity index (χ2n) is 6.25. The van der Waals surface area contributed by atoms with Crippen molar-refractivity contribution in [1.82, 2.24) is 18.7 Å². The van der Waals surface area contributed by atoms with Gasteiger partial charge in [0.1, 0.15) is 0 Å². The van der Waals surface area contributed by atoms with Gasteiger partial charge in [0.25, 0.3) is 5.56 Å². The summed E-state index contributed by atoms with van der Waals surface area (Å²) in [4.78, 5) is 29.2. The fourth-order valence-corrected chi connectivity index (χ4v) is 2.88. The number of halogens is 1. The molecule has 3 aromatic rings. The first-order valence-electron chi connectivity index (χ1n) is 8.15. The highest BCUT2D eigenvalue weighted by molar-refractivity contribution is 6.33. The van der Waals surface area contributed by atoms with Crippen LogP contribution in [0.25, 0.3) is 11.2 Å². The van der Waals surface area contributed by atoms with Crippen molar-refractivity contribution in [3.8, 4) is 0 Å². The van der Waals surface area contributed by atoms with E-state index < -0.39 is 11.2 Å². The van der Waals surface area contributed by atoms with Gasteiger partial charge in [0.15, 0.2) is 11.2 Å². The number of hydrazone groups is 1. The summed E-state index contributed by atoms with van der Waals surface area (Å²) in [5.41, 5.74) is 4.10. The SMILES string of the molecule is C=C(C)Cn1c(N/N=C\c2ccccc2Cl)nc2c1c(=O)n(C)c(=O)n2C. The molecule has 0 aliphatic rings. The number of nitrogens with one attached hydrogen (secondary N) is 1. The van der Waals surface area contributed by atoms with Crippen molar-refractivity contribution >= 4 is 34.9 Å². The maximum Gasteiger partial charge on any atom is 0.332 e. The Morgan fingerprint density at radius 2 is 2.00 bits per heavy atom. The number of benzene rings is 1. The fraction of sp³-hybridized carbons (Fsp3) is 0.222. The molecular formula is C18H19ClN6O2. The first kappa shape index (κ1) is 18.7. The quantitative estimate of drug-likeness (QED) is 0.413. The van der Waals surface area contributed by atoms with E-state index in [1.165, 1.54) is 11.6 Å². The molecule has 27 heavy (non-hydrogen) atoms. The van der Waals surface area contributed by atoms with Crippen LogP contribution in [0.2, 0.25) is 5.02 Å². The van der Waals surface area contributed by atoms with E-state index in [4.69, 9.17) is 11.6 Å². The van der Waals surface area contributed by atoms with Crippen LogP contribution in [0.3, 0.4) is 0 Å². The molecule has 0 bridgehead atoms. The van der Waals surface area contributed by atoms with Crippen LogP contribution in [0.15, 0.2) is 51.1 Å². The highest BCUT2D eigenvalue weighted by Gasteiger charge is 2.18. The normalized spacial score (nSPS) is 11.4. The molecule has 0 aliphatic carbocycles. The van der Waals surface area contributed by atoms with Gasteiger partial charge < -0.3 is 0 Å². The monoisotopic (exact) mass is 386 g/mol. The minimum Gasteiger partial charge on any atom is -0.299 e. The summed E-state index contributed by atoms with van der Waals surface area (Å²) in [6.45, 7) is 6.10. The number of hydrogen-bond acceptors (Lipinski definition) is 5.